The average Bonchev–Trinajstić information content (AvgIpc) is 3.07. The van der Waals surface area contributed by atoms with Crippen LogP contribution in [0.25, 0.3) is 0 Å². The third-order valence-electron chi connectivity index (χ3n) is 17.3. The molecule has 67 heavy (non-hydrogen) atoms. The topological polar surface area (TPSA) is 111 Å². The second-order valence-corrected chi connectivity index (χ2v) is 54.2. The molecule has 0 aromatic carbocycles. The fourth-order valence-electron chi connectivity index (χ4n) is 17.1. The van der Waals surface area contributed by atoms with E-state index < -0.39 is 79.1 Å². The Labute approximate surface area is 432 Å². The Morgan fingerprint density at radius 3 is 0.821 bits per heavy atom. The van der Waals surface area contributed by atoms with Crippen LogP contribution in [0.4, 0.5) is 0 Å². The fraction of sp³-hybridized carbons (Fsp3) is 1.00. The van der Waals surface area contributed by atoms with Crippen LogP contribution in [0.5, 0.6) is 0 Å². The quantitative estimate of drug-likeness (QED) is 0.0845. The highest BCUT2D eigenvalue weighted by Gasteiger charge is 2.83. The van der Waals surface area contributed by atoms with E-state index in [9.17, 15) is 0 Å². The molecule has 6 saturated heterocycles. The van der Waals surface area contributed by atoms with Crippen molar-refractivity contribution in [2.45, 2.75) is 207 Å². The van der Waals surface area contributed by atoms with Gasteiger partial charge in [-0.1, -0.05) is 83.1 Å². The monoisotopic (exact) mass is 1200 g/mol. The number of halogens is 1. The van der Waals surface area contributed by atoms with Gasteiger partial charge in [0.05, 0.1) is 10.3 Å². The summed E-state index contributed by atoms with van der Waals surface area (Å²) < 4.78 is 96.5. The van der Waals surface area contributed by atoms with Crippen LogP contribution in [-0.4, -0.2) is 87.3 Å². The van der Waals surface area contributed by atoms with Crippen molar-refractivity contribution in [2.75, 3.05) is 5.79 Å². The zero-order valence-electron chi connectivity index (χ0n) is 43.2. The van der Waals surface area contributed by atoms with Crippen LogP contribution < -0.4 is 24.0 Å². The van der Waals surface area contributed by atoms with Gasteiger partial charge in [-0.05, 0) is 148 Å². The molecular weight excluding hydrogens is 1120 g/mol. The Kier molecular flexibility index (Phi) is 14.6. The molecule has 4 atom stereocenters. The van der Waals surface area contributed by atoms with E-state index in [4.69, 9.17) is 49.4 Å². The van der Waals surface area contributed by atoms with Crippen molar-refractivity contribution >= 4 is 79.1 Å². The van der Waals surface area contributed by atoms with Crippen LogP contribution in [0.3, 0.4) is 0 Å². The summed E-state index contributed by atoms with van der Waals surface area (Å²) in [5, 5.41) is 0.654. The van der Waals surface area contributed by atoms with E-state index in [1.54, 1.807) is 0 Å². The molecule has 0 aromatic heterocycles. The van der Waals surface area contributed by atoms with Crippen LogP contribution in [0.2, 0.25) is 36.3 Å². The van der Waals surface area contributed by atoms with Crippen molar-refractivity contribution < 1.29 is 73.4 Å². The van der Waals surface area contributed by atoms with E-state index >= 15 is 0 Å². The second kappa shape index (κ2) is 18.6. The minimum atomic E-state index is -4.04. The van der Waals surface area contributed by atoms with Gasteiger partial charge in [0.15, 0.2) is 0 Å². The lowest BCUT2D eigenvalue weighted by molar-refractivity contribution is -0.0253. The molecule has 0 N–H and O–H groups in total. The maximum Gasteiger partial charge on any atom is 0.518 e. The van der Waals surface area contributed by atoms with Gasteiger partial charge in [-0.2, -0.15) is 0 Å². The molecule has 8 aliphatic carbocycles. The Morgan fingerprint density at radius 1 is 0.358 bits per heavy atom. The third-order valence-corrected chi connectivity index (χ3v) is 61.2. The van der Waals surface area contributed by atoms with Crippen LogP contribution in [0, 0.1) is 71.0 Å². The van der Waals surface area contributed by atoms with Crippen LogP contribution in [0.1, 0.15) is 160 Å². The van der Waals surface area contributed by atoms with Crippen molar-refractivity contribution in [1.29, 1.82) is 0 Å². The van der Waals surface area contributed by atoms with Gasteiger partial charge < -0.3 is 73.4 Å². The minimum Gasteiger partial charge on any atom is -1.00 e. The highest BCUT2D eigenvalue weighted by Crippen LogP contribution is 2.79. The molecule has 4 unspecified atom stereocenters. The van der Waals surface area contributed by atoms with E-state index in [1.165, 1.54) is 77.0 Å². The predicted molar refractivity (Wildman–Crippen MR) is 273 cm³/mol. The first kappa shape index (κ1) is 52.8. The van der Waals surface area contributed by atoms with Gasteiger partial charge >= 0.3 is 71.2 Å². The van der Waals surface area contributed by atoms with Crippen molar-refractivity contribution in [1.82, 2.24) is 0 Å². The molecule has 14 aliphatic rings. The van der Waals surface area contributed by atoms with Crippen molar-refractivity contribution in [3.8, 4) is 0 Å². The smallest absolute Gasteiger partial charge is 0.518 e. The predicted octanol–water partition coefficient (Wildman–Crippen LogP) is 8.17. The van der Waals surface area contributed by atoms with Crippen LogP contribution in [-0.2, 0) is 49.4 Å². The first-order valence-electron chi connectivity index (χ1n) is 27.2. The van der Waals surface area contributed by atoms with Crippen molar-refractivity contribution in [2.24, 2.45) is 71.0 Å². The molecular formula is C45H88IO12PSi8. The summed E-state index contributed by atoms with van der Waals surface area (Å²) in [6.45, 7) is 27.0. The molecule has 16 bridgehead atoms. The number of rotatable bonds is 16. The normalized spacial score (nSPS) is 50.7. The van der Waals surface area contributed by atoms with Crippen LogP contribution in [0.15, 0.2) is 0 Å². The molecule has 22 heteroatoms. The standard InChI is InChI=1S/C45H87O12PSi8.HI/c1-32(2)25-60-46-59-47-61(26-33(3)4)51-63(49-60,28-35(7)8)55-65(30-37(11)12)56-64(50-60,29-36(9)10)52-62(48-59,27-34(5)6)54-66(53-61,57-65)31-58(44-19-38-13-39(20-44)15-40(14-38)21-44)45-22-41-16-42(23-45)18-43(17-41)24-45;/h32-43,59H,13-31H2,1-12H3;1H. The molecule has 0 aromatic rings. The molecule has 6 aliphatic heterocycles. The Hall–Kier alpha value is 2.42. The molecule has 14 fully saturated rings. The van der Waals surface area contributed by atoms with Crippen molar-refractivity contribution in [3.05, 3.63) is 0 Å². The zero-order valence-corrected chi connectivity index (χ0v) is 54.5. The highest BCUT2D eigenvalue weighted by molar-refractivity contribution is 7.63. The maximum absolute atomic E-state index is 8.50. The summed E-state index contributed by atoms with van der Waals surface area (Å²) in [6.07, 6.45) is 16.9. The molecule has 14 rings (SSSR count). The lowest BCUT2D eigenvalue weighted by atomic mass is 9.55. The van der Waals surface area contributed by atoms with E-state index in [-0.39, 0.29) is 59.5 Å². The fourth-order valence-corrected chi connectivity index (χ4v) is 75.5. The summed E-state index contributed by atoms with van der Waals surface area (Å²) in [5.74, 6) is 6.95. The van der Waals surface area contributed by atoms with Gasteiger partial charge in [0, 0.05) is 44.2 Å². The van der Waals surface area contributed by atoms with Crippen molar-refractivity contribution in [3.63, 3.8) is 0 Å². The molecule has 0 amide bonds. The molecule has 8 saturated carbocycles. The summed E-state index contributed by atoms with van der Waals surface area (Å²) in [5.41, 5.74) is 0. The lowest BCUT2D eigenvalue weighted by Crippen LogP contribution is -3.00. The third kappa shape index (κ3) is 10.2. The second-order valence-electron chi connectivity index (χ2n) is 27.0. The summed E-state index contributed by atoms with van der Waals surface area (Å²) in [6, 6.07) is 3.37. The SMILES string of the molecule is CC(C)C[Si]12O[SiH]3O[Si]4(CC(C)C)O[Si](CC(C)C)(O1)O[Si]1(CC(C)C)O[Si](CC(C)C)(O2)O[Si](CC(C)C)(O3)O[Si](C[PH+](C23CC5CC(CC(C5)C2)C3)C23CC5CC(CC(C5)C2)C3)(O4)O1.[I-]. The molecule has 6 heterocycles. The van der Waals surface area contributed by atoms with Gasteiger partial charge in [-0.15, -0.1) is 0 Å². The molecule has 0 spiro atoms. The van der Waals surface area contributed by atoms with Gasteiger partial charge in [-0.3, -0.25) is 0 Å². The van der Waals surface area contributed by atoms with E-state index in [1.807, 2.05) is 0 Å². The Balaban J connectivity index is 0.00000525. The maximum atomic E-state index is 8.50. The Morgan fingerprint density at radius 2 is 0.567 bits per heavy atom. The number of hydrogen-bond donors (Lipinski definition) is 0. The molecule has 0 radical (unpaired) electrons. The largest absolute Gasteiger partial charge is 1.00 e. The average molecular weight is 1200 g/mol. The van der Waals surface area contributed by atoms with E-state index in [0.717, 1.165) is 41.3 Å². The minimum absolute atomic E-state index is 0. The van der Waals surface area contributed by atoms with E-state index in [2.05, 4.69) is 83.1 Å². The first-order valence-corrected chi connectivity index (χ1v) is 43.8. The lowest BCUT2D eigenvalue weighted by Gasteiger charge is -2.65. The molecule has 12 nitrogen and oxygen atoms in total. The van der Waals surface area contributed by atoms with Gasteiger partial charge in [-0.25, -0.2) is 0 Å². The summed E-state index contributed by atoms with van der Waals surface area (Å²) >= 11 is 0. The summed E-state index contributed by atoms with van der Waals surface area (Å²) in [7, 11) is -31.8. The zero-order chi connectivity index (χ0) is 46.5. The van der Waals surface area contributed by atoms with Gasteiger partial charge in [0.1, 0.15) is 5.79 Å². The number of hydrogen-bond acceptors (Lipinski definition) is 12. The van der Waals surface area contributed by atoms with Gasteiger partial charge in [0.25, 0.3) is 0 Å². The first-order chi connectivity index (χ1) is 31.0. The van der Waals surface area contributed by atoms with Gasteiger partial charge in [0.2, 0.25) is 0 Å². The van der Waals surface area contributed by atoms with Crippen LogP contribution >= 0.6 is 7.92 Å². The van der Waals surface area contributed by atoms with E-state index in [0.29, 0.717) is 46.6 Å². The Bertz CT molecular complexity index is 1670. The summed E-state index contributed by atoms with van der Waals surface area (Å²) in [4.78, 5) is 0. The highest BCUT2D eigenvalue weighted by atomic mass is 127. The molecule has 384 valence electrons.